The van der Waals surface area contributed by atoms with Gasteiger partial charge in [0.2, 0.25) is 5.91 Å². The van der Waals surface area contributed by atoms with Crippen molar-refractivity contribution >= 4 is 15.7 Å². The molecule has 1 fully saturated rings. The van der Waals surface area contributed by atoms with Crippen molar-refractivity contribution in [3.05, 3.63) is 35.6 Å². The van der Waals surface area contributed by atoms with Gasteiger partial charge in [-0.25, -0.2) is 12.8 Å². The van der Waals surface area contributed by atoms with Gasteiger partial charge in [-0.2, -0.15) is 0 Å². The molecule has 2 rings (SSSR count). The van der Waals surface area contributed by atoms with Crippen molar-refractivity contribution in [2.75, 3.05) is 11.5 Å². The van der Waals surface area contributed by atoms with Crippen LogP contribution in [0.4, 0.5) is 4.39 Å². The zero-order valence-corrected chi connectivity index (χ0v) is 13.5. The minimum absolute atomic E-state index is 0.0311. The normalized spacial score (nSPS) is 21.5. The van der Waals surface area contributed by atoms with Gasteiger partial charge in [0.05, 0.1) is 11.5 Å². The number of hydrogen-bond acceptors (Lipinski definition) is 3. The second kappa shape index (κ2) is 7.22. The number of carbonyl (C=O) groups excluding carboxylic acids is 1. The molecule has 0 bridgehead atoms. The first kappa shape index (κ1) is 16.9. The van der Waals surface area contributed by atoms with E-state index in [0.717, 1.165) is 18.4 Å². The Morgan fingerprint density at radius 3 is 2.59 bits per heavy atom. The molecule has 0 radical (unpaired) electrons. The minimum Gasteiger partial charge on any atom is -0.352 e. The van der Waals surface area contributed by atoms with Crippen molar-refractivity contribution in [1.82, 2.24) is 5.32 Å². The Labute approximate surface area is 131 Å². The molecule has 1 aliphatic rings. The molecule has 1 amide bonds. The molecule has 0 aliphatic carbocycles. The van der Waals surface area contributed by atoms with Gasteiger partial charge < -0.3 is 5.32 Å². The molecule has 1 aromatic carbocycles. The van der Waals surface area contributed by atoms with Crippen LogP contribution in [0, 0.1) is 5.82 Å². The second-order valence-electron chi connectivity index (χ2n) is 5.91. The van der Waals surface area contributed by atoms with Crippen LogP contribution in [0.15, 0.2) is 24.3 Å². The number of carbonyl (C=O) groups is 1. The third-order valence-corrected chi connectivity index (χ3v) is 5.78. The highest BCUT2D eigenvalue weighted by Crippen LogP contribution is 2.25. The van der Waals surface area contributed by atoms with Crippen molar-refractivity contribution in [3.63, 3.8) is 0 Å². The Morgan fingerprint density at radius 1 is 1.36 bits per heavy atom. The summed E-state index contributed by atoms with van der Waals surface area (Å²) in [6, 6.07) is 5.96. The lowest BCUT2D eigenvalue weighted by Crippen LogP contribution is -2.36. The summed E-state index contributed by atoms with van der Waals surface area (Å²) < 4.78 is 35.8. The van der Waals surface area contributed by atoms with Crippen molar-refractivity contribution in [3.8, 4) is 0 Å². The van der Waals surface area contributed by atoms with E-state index in [1.165, 1.54) is 12.1 Å². The van der Waals surface area contributed by atoms with E-state index >= 15 is 0 Å². The van der Waals surface area contributed by atoms with Crippen LogP contribution in [-0.4, -0.2) is 31.9 Å². The molecule has 6 heteroatoms. The average Bonchev–Trinajstić information content (AvgIpc) is 2.78. The van der Waals surface area contributed by atoms with Crippen LogP contribution in [0.2, 0.25) is 0 Å². The van der Waals surface area contributed by atoms with Gasteiger partial charge in [0.25, 0.3) is 0 Å². The standard InChI is InChI=1S/C16H22FNO3S/c1-2-3-13(12-4-6-14(17)7-5-12)10-16(19)18-15-8-9-22(20,21)11-15/h4-7,13,15H,2-3,8-11H2,1H3,(H,18,19). The summed E-state index contributed by atoms with van der Waals surface area (Å²) in [5, 5.41) is 2.81. The second-order valence-corrected chi connectivity index (χ2v) is 8.14. The summed E-state index contributed by atoms with van der Waals surface area (Å²) in [5.41, 5.74) is 0.942. The van der Waals surface area contributed by atoms with E-state index in [0.29, 0.717) is 12.8 Å². The van der Waals surface area contributed by atoms with E-state index < -0.39 is 9.84 Å². The zero-order valence-electron chi connectivity index (χ0n) is 12.7. The van der Waals surface area contributed by atoms with Gasteiger partial charge in [-0.1, -0.05) is 25.5 Å². The van der Waals surface area contributed by atoms with Crippen LogP contribution in [0.5, 0.6) is 0 Å². The Balaban J connectivity index is 1.95. The molecular weight excluding hydrogens is 305 g/mol. The maximum Gasteiger partial charge on any atom is 0.220 e. The number of amides is 1. The van der Waals surface area contributed by atoms with Crippen LogP contribution in [0.3, 0.4) is 0 Å². The molecule has 1 N–H and O–H groups in total. The van der Waals surface area contributed by atoms with Crippen LogP contribution >= 0.6 is 0 Å². The lowest BCUT2D eigenvalue weighted by atomic mass is 9.91. The highest BCUT2D eigenvalue weighted by Gasteiger charge is 2.29. The molecule has 2 atom stereocenters. The summed E-state index contributed by atoms with van der Waals surface area (Å²) >= 11 is 0. The first-order valence-electron chi connectivity index (χ1n) is 7.65. The summed E-state index contributed by atoms with van der Waals surface area (Å²) in [7, 11) is -2.99. The number of sulfone groups is 1. The van der Waals surface area contributed by atoms with Gasteiger partial charge in [-0.3, -0.25) is 4.79 Å². The van der Waals surface area contributed by atoms with Gasteiger partial charge >= 0.3 is 0 Å². The van der Waals surface area contributed by atoms with Crippen molar-refractivity contribution < 1.29 is 17.6 Å². The van der Waals surface area contributed by atoms with Gasteiger partial charge in [0.1, 0.15) is 5.82 Å². The van der Waals surface area contributed by atoms with Crippen molar-refractivity contribution in [2.45, 2.75) is 44.6 Å². The number of nitrogens with one attached hydrogen (secondary N) is 1. The summed E-state index contributed by atoms with van der Waals surface area (Å²) in [6.45, 7) is 2.04. The highest BCUT2D eigenvalue weighted by atomic mass is 32.2. The molecular formula is C16H22FNO3S. The molecule has 0 saturated carbocycles. The topological polar surface area (TPSA) is 63.2 Å². The van der Waals surface area contributed by atoms with Gasteiger partial charge in [-0.15, -0.1) is 0 Å². The first-order chi connectivity index (χ1) is 10.4. The lowest BCUT2D eigenvalue weighted by Gasteiger charge is -2.18. The lowest BCUT2D eigenvalue weighted by molar-refractivity contribution is -0.122. The highest BCUT2D eigenvalue weighted by molar-refractivity contribution is 7.91. The third-order valence-electron chi connectivity index (χ3n) is 4.01. The largest absolute Gasteiger partial charge is 0.352 e. The average molecular weight is 327 g/mol. The van der Waals surface area contributed by atoms with E-state index in [9.17, 15) is 17.6 Å². The molecule has 2 unspecified atom stereocenters. The fourth-order valence-corrected chi connectivity index (χ4v) is 4.56. The summed E-state index contributed by atoms with van der Waals surface area (Å²) in [5.74, 6) is -0.213. The molecule has 1 heterocycles. The fraction of sp³-hybridized carbons (Fsp3) is 0.562. The van der Waals surface area contributed by atoms with Gasteiger partial charge in [-0.05, 0) is 36.5 Å². The first-order valence-corrected chi connectivity index (χ1v) is 9.47. The predicted molar refractivity (Wildman–Crippen MR) is 83.9 cm³/mol. The fourth-order valence-electron chi connectivity index (χ4n) is 2.89. The van der Waals surface area contributed by atoms with Crippen LogP contribution in [0.1, 0.15) is 44.1 Å². The molecule has 122 valence electrons. The Kier molecular flexibility index (Phi) is 5.56. The molecule has 22 heavy (non-hydrogen) atoms. The Bertz CT molecular complexity index is 613. The Morgan fingerprint density at radius 2 is 2.05 bits per heavy atom. The minimum atomic E-state index is -2.99. The van der Waals surface area contributed by atoms with E-state index in [4.69, 9.17) is 0 Å². The third kappa shape index (κ3) is 4.80. The van der Waals surface area contributed by atoms with E-state index in [2.05, 4.69) is 5.32 Å². The van der Waals surface area contributed by atoms with Crippen LogP contribution < -0.4 is 5.32 Å². The number of benzene rings is 1. The summed E-state index contributed by atoms with van der Waals surface area (Å²) in [6.07, 6.45) is 2.55. The molecule has 0 spiro atoms. The predicted octanol–water partition coefficient (Wildman–Crippen LogP) is 2.40. The molecule has 1 aliphatic heterocycles. The van der Waals surface area contributed by atoms with Crippen LogP contribution in [0.25, 0.3) is 0 Å². The zero-order chi connectivity index (χ0) is 16.2. The summed E-state index contributed by atoms with van der Waals surface area (Å²) in [4.78, 5) is 12.2. The smallest absolute Gasteiger partial charge is 0.220 e. The van der Waals surface area contributed by atoms with Crippen molar-refractivity contribution in [2.24, 2.45) is 0 Å². The quantitative estimate of drug-likeness (QED) is 0.873. The van der Waals surface area contributed by atoms with E-state index in [1.54, 1.807) is 12.1 Å². The molecule has 1 aromatic rings. The molecule has 4 nitrogen and oxygen atoms in total. The number of halogens is 1. The number of hydrogen-bond donors (Lipinski definition) is 1. The van der Waals surface area contributed by atoms with Gasteiger partial charge in [0.15, 0.2) is 9.84 Å². The SMILES string of the molecule is CCCC(CC(=O)NC1CCS(=O)(=O)C1)c1ccc(F)cc1. The number of rotatable bonds is 6. The molecule has 0 aromatic heterocycles. The van der Waals surface area contributed by atoms with Crippen molar-refractivity contribution in [1.29, 1.82) is 0 Å². The van der Waals surface area contributed by atoms with E-state index in [1.807, 2.05) is 6.92 Å². The maximum atomic E-state index is 13.0. The van der Waals surface area contributed by atoms with Gasteiger partial charge in [0, 0.05) is 12.5 Å². The maximum absolute atomic E-state index is 13.0. The Hall–Kier alpha value is -1.43. The molecule has 1 saturated heterocycles. The monoisotopic (exact) mass is 327 g/mol. The van der Waals surface area contributed by atoms with E-state index in [-0.39, 0.29) is 35.2 Å². The van der Waals surface area contributed by atoms with Crippen LogP contribution in [-0.2, 0) is 14.6 Å².